The maximum absolute atomic E-state index is 6.33. The molecule has 0 radical (unpaired) electrons. The summed E-state index contributed by atoms with van der Waals surface area (Å²) in [5.74, 6) is 1.46. The van der Waals surface area contributed by atoms with Crippen molar-refractivity contribution in [3.63, 3.8) is 0 Å². The summed E-state index contributed by atoms with van der Waals surface area (Å²) in [5.41, 5.74) is 8.57. The second-order valence-corrected chi connectivity index (χ2v) is 4.81. The van der Waals surface area contributed by atoms with Crippen molar-refractivity contribution in [1.82, 2.24) is 0 Å². The molecule has 2 N–H and O–H groups in total. The lowest BCUT2D eigenvalue weighted by Crippen LogP contribution is -2.30. The molecular weight excluding hydrogens is 214 g/mol. The highest BCUT2D eigenvalue weighted by atomic mass is 16.5. The lowest BCUT2D eigenvalue weighted by atomic mass is 9.96. The Morgan fingerprint density at radius 3 is 2.53 bits per heavy atom. The average Bonchev–Trinajstić information content (AvgIpc) is 3.14. The van der Waals surface area contributed by atoms with E-state index < -0.39 is 0 Å². The average molecular weight is 235 g/mol. The molecule has 1 aliphatic rings. The third-order valence-electron chi connectivity index (χ3n) is 3.46. The van der Waals surface area contributed by atoms with Gasteiger partial charge in [0.2, 0.25) is 0 Å². The summed E-state index contributed by atoms with van der Waals surface area (Å²) in [4.78, 5) is 0. The molecule has 3 nitrogen and oxygen atoms in total. The van der Waals surface area contributed by atoms with Crippen molar-refractivity contribution in [2.75, 3.05) is 14.2 Å². The largest absolute Gasteiger partial charge is 0.496 e. The Morgan fingerprint density at radius 2 is 2.00 bits per heavy atom. The highest BCUT2D eigenvalue weighted by Crippen LogP contribution is 2.40. The third kappa shape index (κ3) is 2.61. The maximum Gasteiger partial charge on any atom is 0.123 e. The molecule has 0 heterocycles. The van der Waals surface area contributed by atoms with Crippen molar-refractivity contribution in [3.8, 4) is 5.75 Å². The molecule has 1 saturated carbocycles. The molecule has 0 amide bonds. The van der Waals surface area contributed by atoms with Crippen LogP contribution in [0.25, 0.3) is 0 Å². The van der Waals surface area contributed by atoms with Crippen LogP contribution in [0.5, 0.6) is 5.75 Å². The zero-order valence-corrected chi connectivity index (χ0v) is 10.8. The van der Waals surface area contributed by atoms with Gasteiger partial charge in [-0.25, -0.2) is 0 Å². The topological polar surface area (TPSA) is 44.5 Å². The zero-order chi connectivity index (χ0) is 12.4. The molecule has 2 rings (SSSR count). The number of hydrogen-bond acceptors (Lipinski definition) is 3. The van der Waals surface area contributed by atoms with E-state index in [2.05, 4.69) is 13.0 Å². The van der Waals surface area contributed by atoms with Gasteiger partial charge in [-0.1, -0.05) is 17.7 Å². The maximum atomic E-state index is 6.33. The monoisotopic (exact) mass is 235 g/mol. The summed E-state index contributed by atoms with van der Waals surface area (Å²) in [6.45, 7) is 2.06. The van der Waals surface area contributed by atoms with Gasteiger partial charge in [0.15, 0.2) is 0 Å². The molecule has 0 spiro atoms. The Balaban J connectivity index is 2.27. The Hall–Kier alpha value is -1.06. The minimum absolute atomic E-state index is 0.102. The van der Waals surface area contributed by atoms with Gasteiger partial charge in [-0.3, -0.25) is 0 Å². The van der Waals surface area contributed by atoms with Crippen molar-refractivity contribution in [2.24, 2.45) is 11.7 Å². The van der Waals surface area contributed by atoms with E-state index >= 15 is 0 Å². The highest BCUT2D eigenvalue weighted by molar-refractivity contribution is 5.39. The van der Waals surface area contributed by atoms with E-state index in [9.17, 15) is 0 Å². The quantitative estimate of drug-likeness (QED) is 0.852. The smallest absolute Gasteiger partial charge is 0.123 e. The van der Waals surface area contributed by atoms with Crippen LogP contribution in [0.2, 0.25) is 0 Å². The van der Waals surface area contributed by atoms with Gasteiger partial charge in [0.05, 0.1) is 19.3 Å². The van der Waals surface area contributed by atoms with Gasteiger partial charge in [-0.15, -0.1) is 0 Å². The van der Waals surface area contributed by atoms with Crippen LogP contribution in [0.15, 0.2) is 18.2 Å². The molecule has 0 aliphatic heterocycles. The van der Waals surface area contributed by atoms with Crippen LogP contribution >= 0.6 is 0 Å². The summed E-state index contributed by atoms with van der Waals surface area (Å²) in [6, 6.07) is 6.00. The van der Waals surface area contributed by atoms with Gasteiger partial charge in [-0.2, -0.15) is 0 Å². The molecule has 0 aromatic heterocycles. The van der Waals surface area contributed by atoms with Crippen molar-refractivity contribution in [1.29, 1.82) is 0 Å². The molecule has 0 saturated heterocycles. The van der Waals surface area contributed by atoms with Crippen LogP contribution in [0.4, 0.5) is 0 Å². The molecule has 1 aliphatic carbocycles. The van der Waals surface area contributed by atoms with Crippen molar-refractivity contribution in [3.05, 3.63) is 29.3 Å². The first-order chi connectivity index (χ1) is 8.17. The number of benzene rings is 1. The van der Waals surface area contributed by atoms with E-state index in [0.29, 0.717) is 5.92 Å². The number of nitrogens with two attached hydrogens (primary N) is 1. The third-order valence-corrected chi connectivity index (χ3v) is 3.46. The number of ether oxygens (including phenoxy) is 2. The highest BCUT2D eigenvalue weighted by Gasteiger charge is 2.36. The number of aryl methyl sites for hydroxylation is 1. The number of hydrogen-bond donors (Lipinski definition) is 1. The van der Waals surface area contributed by atoms with Gasteiger partial charge < -0.3 is 15.2 Å². The lowest BCUT2D eigenvalue weighted by molar-refractivity contribution is 0.0617. The summed E-state index contributed by atoms with van der Waals surface area (Å²) in [5, 5.41) is 0. The van der Waals surface area contributed by atoms with E-state index in [4.69, 9.17) is 15.2 Å². The van der Waals surface area contributed by atoms with E-state index in [1.165, 1.54) is 18.4 Å². The Labute approximate surface area is 103 Å². The first-order valence-corrected chi connectivity index (χ1v) is 6.10. The molecule has 3 heteroatoms. The first-order valence-electron chi connectivity index (χ1n) is 6.10. The second-order valence-electron chi connectivity index (χ2n) is 4.81. The minimum atomic E-state index is -0.109. The summed E-state index contributed by atoms with van der Waals surface area (Å²) < 4.78 is 10.9. The molecule has 17 heavy (non-hydrogen) atoms. The molecule has 0 bridgehead atoms. The van der Waals surface area contributed by atoms with E-state index in [-0.39, 0.29) is 12.1 Å². The minimum Gasteiger partial charge on any atom is -0.496 e. The molecule has 1 aromatic rings. The Bertz CT molecular complexity index is 388. The van der Waals surface area contributed by atoms with Gasteiger partial charge in [-0.05, 0) is 31.7 Å². The molecular formula is C14H21NO2. The fourth-order valence-corrected chi connectivity index (χ4v) is 2.35. The van der Waals surface area contributed by atoms with Crippen LogP contribution in [0.1, 0.15) is 30.0 Å². The van der Waals surface area contributed by atoms with Crippen LogP contribution in [-0.2, 0) is 4.74 Å². The number of rotatable bonds is 5. The molecule has 94 valence electrons. The van der Waals surface area contributed by atoms with Gasteiger partial charge in [0.1, 0.15) is 5.75 Å². The van der Waals surface area contributed by atoms with Crippen LogP contribution in [-0.4, -0.2) is 20.3 Å². The molecule has 2 atom stereocenters. The summed E-state index contributed by atoms with van der Waals surface area (Å²) in [6.07, 6.45) is 2.55. The van der Waals surface area contributed by atoms with Crippen LogP contribution < -0.4 is 10.5 Å². The van der Waals surface area contributed by atoms with E-state index in [1.54, 1.807) is 14.2 Å². The van der Waals surface area contributed by atoms with E-state index in [0.717, 1.165) is 11.3 Å². The fourth-order valence-electron chi connectivity index (χ4n) is 2.35. The zero-order valence-electron chi connectivity index (χ0n) is 10.8. The summed E-state index contributed by atoms with van der Waals surface area (Å²) in [7, 11) is 3.42. The van der Waals surface area contributed by atoms with Crippen molar-refractivity contribution in [2.45, 2.75) is 31.9 Å². The van der Waals surface area contributed by atoms with E-state index in [1.807, 2.05) is 12.1 Å². The SMILES string of the molecule is COc1ccc(C)cc1C(N)C(OC)C1CC1. The predicted octanol–water partition coefficient (Wildman–Crippen LogP) is 2.43. The second kappa shape index (κ2) is 5.07. The Kier molecular flexibility index (Phi) is 3.69. The molecule has 1 fully saturated rings. The molecule has 2 unspecified atom stereocenters. The van der Waals surface area contributed by atoms with Gasteiger partial charge in [0.25, 0.3) is 0 Å². The molecule has 1 aromatic carbocycles. The van der Waals surface area contributed by atoms with Gasteiger partial charge >= 0.3 is 0 Å². The number of methoxy groups -OCH3 is 2. The Morgan fingerprint density at radius 1 is 1.29 bits per heavy atom. The van der Waals surface area contributed by atoms with Gasteiger partial charge in [0, 0.05) is 12.7 Å². The van der Waals surface area contributed by atoms with Crippen molar-refractivity contribution >= 4 is 0 Å². The fraction of sp³-hybridized carbons (Fsp3) is 0.571. The summed E-state index contributed by atoms with van der Waals surface area (Å²) >= 11 is 0. The predicted molar refractivity (Wildman–Crippen MR) is 68.2 cm³/mol. The first kappa shape index (κ1) is 12.4. The van der Waals surface area contributed by atoms with Crippen LogP contribution in [0, 0.1) is 12.8 Å². The normalized spacial score (nSPS) is 18.8. The van der Waals surface area contributed by atoms with Crippen LogP contribution in [0.3, 0.4) is 0 Å². The standard InChI is InChI=1S/C14H21NO2/c1-9-4-7-12(16-2)11(8-9)13(15)14(17-3)10-5-6-10/h4,7-8,10,13-14H,5-6,15H2,1-3H3. The lowest BCUT2D eigenvalue weighted by Gasteiger charge is -2.24. The van der Waals surface area contributed by atoms with Crippen molar-refractivity contribution < 1.29 is 9.47 Å².